The van der Waals surface area contributed by atoms with Crippen LogP contribution in [0.25, 0.3) is 0 Å². The van der Waals surface area contributed by atoms with Gasteiger partial charge in [-0.2, -0.15) is 0 Å². The van der Waals surface area contributed by atoms with Gasteiger partial charge in [-0.05, 0) is 42.3 Å². The van der Waals surface area contributed by atoms with Gasteiger partial charge in [0.25, 0.3) is 0 Å². The van der Waals surface area contributed by atoms with Gasteiger partial charge in [0, 0.05) is 28.8 Å². The van der Waals surface area contributed by atoms with Gasteiger partial charge in [-0.25, -0.2) is 0 Å². The van der Waals surface area contributed by atoms with Crippen molar-refractivity contribution in [3.05, 3.63) is 63.9 Å². The topological polar surface area (TPSA) is 59.1 Å². The number of aliphatic hydroxyl groups excluding tert-OH is 1. The van der Waals surface area contributed by atoms with Crippen LogP contribution < -0.4 is 5.73 Å². The average molecular weight is 321 g/mol. The van der Waals surface area contributed by atoms with Gasteiger partial charge in [0.05, 0.1) is 6.10 Å². The largest absolute Gasteiger partial charge is 0.388 e. The standard InChI is InChI=1S/C15H17BrN2O/c1-10-6-11(8-12(16)7-10)15(19)13(9-17)14-4-2-3-5-18-14/h2-8,13,15,19H,9,17H2,1H3. The Balaban J connectivity index is 2.33. The predicted octanol–water partition coefficient (Wildman–Crippen LogP) is 2.93. The molecule has 0 saturated carbocycles. The zero-order valence-corrected chi connectivity index (χ0v) is 12.3. The van der Waals surface area contributed by atoms with E-state index in [-0.39, 0.29) is 5.92 Å². The smallest absolute Gasteiger partial charge is 0.0886 e. The second-order valence-corrected chi connectivity index (χ2v) is 5.52. The van der Waals surface area contributed by atoms with E-state index in [1.54, 1.807) is 6.20 Å². The molecule has 0 saturated heterocycles. The van der Waals surface area contributed by atoms with Crippen LogP contribution in [-0.2, 0) is 0 Å². The van der Waals surface area contributed by atoms with Crippen molar-refractivity contribution in [2.24, 2.45) is 5.73 Å². The molecule has 0 amide bonds. The molecule has 0 bridgehead atoms. The van der Waals surface area contributed by atoms with Crippen molar-refractivity contribution in [3.8, 4) is 0 Å². The quantitative estimate of drug-likeness (QED) is 0.910. The first-order valence-electron chi connectivity index (χ1n) is 6.18. The summed E-state index contributed by atoms with van der Waals surface area (Å²) in [7, 11) is 0. The fraction of sp³-hybridized carbons (Fsp3) is 0.267. The van der Waals surface area contributed by atoms with Crippen LogP contribution in [0.4, 0.5) is 0 Å². The Kier molecular flexibility index (Phi) is 4.69. The van der Waals surface area contributed by atoms with E-state index < -0.39 is 6.10 Å². The third kappa shape index (κ3) is 3.41. The Hall–Kier alpha value is -1.23. The summed E-state index contributed by atoms with van der Waals surface area (Å²) in [5.74, 6) is -0.199. The molecular formula is C15H17BrN2O. The van der Waals surface area contributed by atoms with Crippen LogP contribution in [0.2, 0.25) is 0 Å². The number of aliphatic hydroxyl groups is 1. The van der Waals surface area contributed by atoms with E-state index in [1.807, 2.05) is 43.3 Å². The first-order valence-corrected chi connectivity index (χ1v) is 6.97. The fourth-order valence-corrected chi connectivity index (χ4v) is 2.80. The second kappa shape index (κ2) is 6.28. The van der Waals surface area contributed by atoms with Crippen LogP contribution in [0.1, 0.15) is 28.8 Å². The molecule has 3 nitrogen and oxygen atoms in total. The highest BCUT2D eigenvalue weighted by atomic mass is 79.9. The summed E-state index contributed by atoms with van der Waals surface area (Å²) in [6.45, 7) is 2.35. The van der Waals surface area contributed by atoms with E-state index in [9.17, 15) is 5.11 Å². The van der Waals surface area contributed by atoms with E-state index in [4.69, 9.17) is 5.73 Å². The molecule has 2 aromatic rings. The van der Waals surface area contributed by atoms with Crippen molar-refractivity contribution in [2.45, 2.75) is 18.9 Å². The van der Waals surface area contributed by atoms with Gasteiger partial charge in [0.1, 0.15) is 0 Å². The van der Waals surface area contributed by atoms with Crippen molar-refractivity contribution in [2.75, 3.05) is 6.54 Å². The molecule has 1 aromatic carbocycles. The highest BCUT2D eigenvalue weighted by Crippen LogP contribution is 2.31. The maximum atomic E-state index is 10.5. The summed E-state index contributed by atoms with van der Waals surface area (Å²) >= 11 is 3.45. The number of aromatic nitrogens is 1. The van der Waals surface area contributed by atoms with E-state index in [0.717, 1.165) is 21.3 Å². The Morgan fingerprint density at radius 1 is 1.32 bits per heavy atom. The molecule has 0 aliphatic heterocycles. The third-order valence-electron chi connectivity index (χ3n) is 3.11. The van der Waals surface area contributed by atoms with Crippen molar-refractivity contribution in [1.29, 1.82) is 0 Å². The van der Waals surface area contributed by atoms with Crippen LogP contribution in [0.15, 0.2) is 47.1 Å². The zero-order chi connectivity index (χ0) is 13.8. The number of hydrogen-bond acceptors (Lipinski definition) is 3. The maximum absolute atomic E-state index is 10.5. The number of aryl methyl sites for hydroxylation is 1. The normalized spacial score (nSPS) is 14.1. The Morgan fingerprint density at radius 2 is 2.11 bits per heavy atom. The number of hydrogen-bond donors (Lipinski definition) is 2. The van der Waals surface area contributed by atoms with Crippen molar-refractivity contribution in [3.63, 3.8) is 0 Å². The van der Waals surface area contributed by atoms with E-state index in [1.165, 1.54) is 0 Å². The lowest BCUT2D eigenvalue weighted by molar-refractivity contribution is 0.145. The number of nitrogens with two attached hydrogens (primary N) is 1. The number of benzene rings is 1. The van der Waals surface area contributed by atoms with Crippen LogP contribution in [0, 0.1) is 6.92 Å². The molecule has 4 heteroatoms. The summed E-state index contributed by atoms with van der Waals surface area (Å²) in [5.41, 5.74) is 8.57. The summed E-state index contributed by atoms with van der Waals surface area (Å²) in [6, 6.07) is 11.6. The molecule has 0 fully saturated rings. The minimum absolute atomic E-state index is 0.199. The first-order chi connectivity index (χ1) is 9.11. The molecule has 2 rings (SSSR count). The van der Waals surface area contributed by atoms with Gasteiger partial charge >= 0.3 is 0 Å². The van der Waals surface area contributed by atoms with Gasteiger partial charge in [-0.3, -0.25) is 4.98 Å². The molecule has 1 heterocycles. The van der Waals surface area contributed by atoms with Gasteiger partial charge in [-0.1, -0.05) is 28.1 Å². The monoisotopic (exact) mass is 320 g/mol. The van der Waals surface area contributed by atoms with Crippen LogP contribution in [-0.4, -0.2) is 16.6 Å². The minimum atomic E-state index is -0.656. The predicted molar refractivity (Wildman–Crippen MR) is 79.9 cm³/mol. The molecular weight excluding hydrogens is 304 g/mol. The highest BCUT2D eigenvalue weighted by Gasteiger charge is 2.22. The number of halogens is 1. The van der Waals surface area contributed by atoms with E-state index in [2.05, 4.69) is 20.9 Å². The summed E-state index contributed by atoms with van der Waals surface area (Å²) in [5, 5.41) is 10.5. The van der Waals surface area contributed by atoms with Crippen LogP contribution in [0.5, 0.6) is 0 Å². The molecule has 1 aromatic heterocycles. The zero-order valence-electron chi connectivity index (χ0n) is 10.8. The van der Waals surface area contributed by atoms with Crippen molar-refractivity contribution < 1.29 is 5.11 Å². The number of pyridine rings is 1. The van der Waals surface area contributed by atoms with Crippen molar-refractivity contribution in [1.82, 2.24) is 4.98 Å². The average Bonchev–Trinajstić information content (AvgIpc) is 2.39. The molecule has 19 heavy (non-hydrogen) atoms. The Bertz CT molecular complexity index is 525. The molecule has 0 radical (unpaired) electrons. The minimum Gasteiger partial charge on any atom is -0.388 e. The van der Waals surface area contributed by atoms with Crippen LogP contribution in [0.3, 0.4) is 0 Å². The fourth-order valence-electron chi connectivity index (χ4n) is 2.17. The second-order valence-electron chi connectivity index (χ2n) is 4.60. The lowest BCUT2D eigenvalue weighted by atomic mass is 9.92. The maximum Gasteiger partial charge on any atom is 0.0886 e. The molecule has 0 spiro atoms. The van der Waals surface area contributed by atoms with Gasteiger partial charge in [-0.15, -0.1) is 0 Å². The van der Waals surface area contributed by atoms with Gasteiger partial charge < -0.3 is 10.8 Å². The Morgan fingerprint density at radius 3 is 2.68 bits per heavy atom. The summed E-state index contributed by atoms with van der Waals surface area (Å²) < 4.78 is 0.957. The van der Waals surface area contributed by atoms with Gasteiger partial charge in [0.15, 0.2) is 0 Å². The lowest BCUT2D eigenvalue weighted by Crippen LogP contribution is -2.21. The highest BCUT2D eigenvalue weighted by molar-refractivity contribution is 9.10. The van der Waals surface area contributed by atoms with E-state index in [0.29, 0.717) is 6.54 Å². The summed E-state index contributed by atoms with van der Waals surface area (Å²) in [4.78, 5) is 4.29. The first kappa shape index (κ1) is 14.2. The van der Waals surface area contributed by atoms with Gasteiger partial charge in [0.2, 0.25) is 0 Å². The number of nitrogens with zero attached hydrogens (tertiary/aromatic N) is 1. The summed E-state index contributed by atoms with van der Waals surface area (Å²) in [6.07, 6.45) is 1.06. The molecule has 0 aliphatic carbocycles. The number of rotatable bonds is 4. The lowest BCUT2D eigenvalue weighted by Gasteiger charge is -2.22. The SMILES string of the molecule is Cc1cc(Br)cc(C(O)C(CN)c2ccccn2)c1. The molecule has 3 N–H and O–H groups in total. The molecule has 2 unspecified atom stereocenters. The molecule has 0 aliphatic rings. The van der Waals surface area contributed by atoms with Crippen molar-refractivity contribution >= 4 is 15.9 Å². The molecule has 100 valence electrons. The van der Waals surface area contributed by atoms with Crippen LogP contribution >= 0.6 is 15.9 Å². The third-order valence-corrected chi connectivity index (χ3v) is 3.57. The Labute approximate surface area is 121 Å². The van der Waals surface area contributed by atoms with E-state index >= 15 is 0 Å². The molecule has 2 atom stereocenters.